The normalized spacial score (nSPS) is 24.1. The van der Waals surface area contributed by atoms with E-state index in [4.69, 9.17) is 5.26 Å². The van der Waals surface area contributed by atoms with Gasteiger partial charge in [-0.2, -0.15) is 0 Å². The van der Waals surface area contributed by atoms with Crippen LogP contribution in [0, 0.1) is 0 Å². The van der Waals surface area contributed by atoms with Crippen LogP contribution in [0.3, 0.4) is 0 Å². The Bertz CT molecular complexity index is 510. The van der Waals surface area contributed by atoms with Gasteiger partial charge in [-0.1, -0.05) is 6.07 Å². The van der Waals surface area contributed by atoms with Crippen LogP contribution >= 0.6 is 0 Å². The molecule has 1 aliphatic rings. The average molecular weight is 212 g/mol. The number of benzene rings is 1. The molecule has 0 saturated carbocycles. The molecule has 0 bridgehead atoms. The van der Waals surface area contributed by atoms with Crippen molar-refractivity contribution in [2.45, 2.75) is 0 Å². The van der Waals surface area contributed by atoms with E-state index in [1.54, 1.807) is 12.1 Å². The second-order valence-electron chi connectivity index (χ2n) is 2.90. The van der Waals surface area contributed by atoms with Crippen molar-refractivity contribution in [1.82, 2.24) is 0 Å². The van der Waals surface area contributed by atoms with Gasteiger partial charge in [0.25, 0.3) is 0 Å². The summed E-state index contributed by atoms with van der Waals surface area (Å²) in [4.78, 5) is 0. The first-order valence-corrected chi connectivity index (χ1v) is 5.47. The van der Waals surface area contributed by atoms with E-state index in [1.165, 1.54) is 22.9 Å². The van der Waals surface area contributed by atoms with Gasteiger partial charge in [0.05, 0.1) is 0 Å². The Labute approximate surface area is 81.2 Å². The molecule has 0 spiro atoms. The number of hydrogen-bond donors (Lipinski definition) is 2. The predicted octanol–water partition coefficient (Wildman–Crippen LogP) is 1.22. The van der Waals surface area contributed by atoms with E-state index in [9.17, 15) is 9.32 Å². The second-order valence-corrected chi connectivity index (χ2v) is 4.73. The molecule has 0 saturated heterocycles. The lowest BCUT2D eigenvalue weighted by Gasteiger charge is -2.09. The highest BCUT2D eigenvalue weighted by Crippen LogP contribution is 2.21. The zero-order chi connectivity index (χ0) is 10.2. The Kier molecular flexibility index (Phi) is 2.07. The maximum Gasteiger partial charge on any atom is 0.137 e. The van der Waals surface area contributed by atoms with Crippen LogP contribution in [-0.4, -0.2) is 19.9 Å². The number of hydrogen-bond acceptors (Lipinski definition) is 4. The van der Waals surface area contributed by atoms with Crippen LogP contribution in [0.1, 0.15) is 11.1 Å². The summed E-state index contributed by atoms with van der Waals surface area (Å²) in [5.41, 5.74) is 1.39. The summed E-state index contributed by atoms with van der Waals surface area (Å²) < 4.78 is 15.4. The standard InChI is InChI=1S/C9H8O4S/c10-9-2-1-8-6-14(12,13-11)4-3-7(8)5-9/h1-6,10-11H. The quantitative estimate of drug-likeness (QED) is 0.417. The first kappa shape index (κ1) is 9.26. The molecule has 0 aromatic heterocycles. The molecule has 1 aromatic carbocycles. The zero-order valence-electron chi connectivity index (χ0n) is 7.08. The number of phenolic OH excluding ortho intramolecular Hbond substituents is 1. The summed E-state index contributed by atoms with van der Waals surface area (Å²) in [6.45, 7) is 0. The molecule has 0 radical (unpaired) electrons. The van der Waals surface area contributed by atoms with Crippen LogP contribution in [0.5, 0.6) is 5.75 Å². The monoisotopic (exact) mass is 212 g/mol. The summed E-state index contributed by atoms with van der Waals surface area (Å²) >= 11 is 0. The summed E-state index contributed by atoms with van der Waals surface area (Å²) in [6, 6.07) is 4.62. The fourth-order valence-corrected chi connectivity index (χ4v) is 2.32. The summed E-state index contributed by atoms with van der Waals surface area (Å²) in [5, 5.41) is 20.2. The van der Waals surface area contributed by atoms with Crippen LogP contribution in [0.2, 0.25) is 0 Å². The van der Waals surface area contributed by atoms with Crippen molar-refractivity contribution < 1.29 is 18.9 Å². The molecule has 2 rings (SSSR count). The third-order valence-corrected chi connectivity index (χ3v) is 3.25. The third-order valence-electron chi connectivity index (χ3n) is 1.92. The molecule has 1 unspecified atom stereocenters. The van der Waals surface area contributed by atoms with Gasteiger partial charge in [-0.25, -0.2) is 9.47 Å². The van der Waals surface area contributed by atoms with Crippen molar-refractivity contribution in [1.29, 1.82) is 0 Å². The SMILES string of the molecule is O=S1(OO)=Cc2ccc(O)cc2C=C1. The van der Waals surface area contributed by atoms with Crippen molar-refractivity contribution >= 4 is 21.2 Å². The minimum absolute atomic E-state index is 0.139. The van der Waals surface area contributed by atoms with Gasteiger partial charge in [-0.3, -0.25) is 0 Å². The van der Waals surface area contributed by atoms with Gasteiger partial charge in [0.2, 0.25) is 0 Å². The van der Waals surface area contributed by atoms with Crippen molar-refractivity contribution in [3.8, 4) is 5.75 Å². The fraction of sp³-hybridized carbons (Fsp3) is 0. The summed E-state index contributed by atoms with van der Waals surface area (Å²) in [5.74, 6) is 0.139. The Morgan fingerprint density at radius 1 is 1.29 bits per heavy atom. The lowest BCUT2D eigenvalue weighted by molar-refractivity contribution is -0.123. The number of aromatic hydroxyl groups is 1. The number of fused-ring (bicyclic) bond motifs is 1. The summed E-state index contributed by atoms with van der Waals surface area (Å²) in [6.07, 6.45) is 1.54. The first-order valence-electron chi connectivity index (χ1n) is 3.86. The molecule has 0 aliphatic carbocycles. The number of phenols is 1. The van der Waals surface area contributed by atoms with Gasteiger partial charge in [-0.05, 0) is 29.3 Å². The Morgan fingerprint density at radius 2 is 2.07 bits per heavy atom. The van der Waals surface area contributed by atoms with E-state index in [2.05, 4.69) is 4.33 Å². The maximum absolute atomic E-state index is 11.5. The molecule has 14 heavy (non-hydrogen) atoms. The molecule has 1 aliphatic heterocycles. The van der Waals surface area contributed by atoms with Gasteiger partial charge < -0.3 is 5.11 Å². The van der Waals surface area contributed by atoms with Gasteiger partial charge in [0.15, 0.2) is 0 Å². The van der Waals surface area contributed by atoms with E-state index in [-0.39, 0.29) is 5.75 Å². The van der Waals surface area contributed by atoms with Crippen LogP contribution in [-0.2, 0) is 14.1 Å². The van der Waals surface area contributed by atoms with E-state index >= 15 is 0 Å². The molecular weight excluding hydrogens is 204 g/mol. The lowest BCUT2D eigenvalue weighted by Crippen LogP contribution is -2.07. The minimum atomic E-state index is -2.89. The zero-order valence-corrected chi connectivity index (χ0v) is 7.90. The van der Waals surface area contributed by atoms with E-state index in [0.29, 0.717) is 5.56 Å². The molecule has 1 heterocycles. The molecule has 0 amide bonds. The average Bonchev–Trinajstić information content (AvgIpc) is 2.19. The van der Waals surface area contributed by atoms with Gasteiger partial charge >= 0.3 is 0 Å². The predicted molar refractivity (Wildman–Crippen MR) is 54.2 cm³/mol. The molecule has 74 valence electrons. The molecule has 2 N–H and O–H groups in total. The molecule has 0 fully saturated rings. The summed E-state index contributed by atoms with van der Waals surface area (Å²) in [7, 11) is -2.89. The van der Waals surface area contributed by atoms with E-state index in [0.717, 1.165) is 5.56 Å². The van der Waals surface area contributed by atoms with Gasteiger partial charge in [-0.15, -0.1) is 4.33 Å². The van der Waals surface area contributed by atoms with Crippen LogP contribution in [0.15, 0.2) is 23.6 Å². The van der Waals surface area contributed by atoms with E-state index in [1.807, 2.05) is 0 Å². The fourth-order valence-electron chi connectivity index (χ4n) is 1.24. The Balaban J connectivity index is 2.63. The molecule has 5 heteroatoms. The van der Waals surface area contributed by atoms with Crippen LogP contribution < -0.4 is 0 Å². The van der Waals surface area contributed by atoms with Crippen LogP contribution in [0.25, 0.3) is 6.08 Å². The van der Waals surface area contributed by atoms with Crippen LogP contribution in [0.4, 0.5) is 0 Å². The minimum Gasteiger partial charge on any atom is -0.508 e. The van der Waals surface area contributed by atoms with Crippen molar-refractivity contribution in [3.63, 3.8) is 0 Å². The van der Waals surface area contributed by atoms with Crippen molar-refractivity contribution in [2.75, 3.05) is 0 Å². The second kappa shape index (κ2) is 3.13. The highest BCUT2D eigenvalue weighted by Gasteiger charge is 2.11. The van der Waals surface area contributed by atoms with Gasteiger partial charge in [0.1, 0.15) is 15.6 Å². The molecule has 1 aromatic rings. The maximum atomic E-state index is 11.5. The van der Waals surface area contributed by atoms with Crippen molar-refractivity contribution in [2.24, 2.45) is 0 Å². The highest BCUT2D eigenvalue weighted by atomic mass is 32.2. The Morgan fingerprint density at radius 3 is 2.79 bits per heavy atom. The first-order chi connectivity index (χ1) is 6.63. The lowest BCUT2D eigenvalue weighted by atomic mass is 10.1. The molecule has 4 nitrogen and oxygen atoms in total. The largest absolute Gasteiger partial charge is 0.508 e. The Hall–Kier alpha value is -1.30. The number of rotatable bonds is 1. The third kappa shape index (κ3) is 1.52. The molecular formula is C9H8O4S. The van der Waals surface area contributed by atoms with Crippen molar-refractivity contribution in [3.05, 3.63) is 34.7 Å². The topological polar surface area (TPSA) is 66.8 Å². The van der Waals surface area contributed by atoms with Gasteiger partial charge in [0, 0.05) is 10.8 Å². The smallest absolute Gasteiger partial charge is 0.137 e. The van der Waals surface area contributed by atoms with E-state index < -0.39 is 9.80 Å². The highest BCUT2D eigenvalue weighted by molar-refractivity contribution is 8.00. The molecule has 1 atom stereocenters.